The van der Waals surface area contributed by atoms with Gasteiger partial charge in [-0.2, -0.15) is 5.10 Å². The molecule has 5 heteroatoms. The maximum Gasteiger partial charge on any atom is 0.155 e. The van der Waals surface area contributed by atoms with Crippen molar-refractivity contribution >= 4 is 17.2 Å². The van der Waals surface area contributed by atoms with E-state index >= 15 is 0 Å². The molecule has 0 fully saturated rings. The fourth-order valence-corrected chi connectivity index (χ4v) is 1.42. The Hall–Kier alpha value is -1.57. The number of fused-ring (bicyclic) bond motifs is 1. The van der Waals surface area contributed by atoms with E-state index in [1.165, 1.54) is 0 Å². The van der Waals surface area contributed by atoms with Crippen LogP contribution in [-0.4, -0.2) is 28.2 Å². The van der Waals surface area contributed by atoms with Gasteiger partial charge in [0.25, 0.3) is 0 Å². The van der Waals surface area contributed by atoms with Crippen LogP contribution in [0.15, 0.2) is 18.3 Å². The molecule has 0 aliphatic heterocycles. The van der Waals surface area contributed by atoms with Gasteiger partial charge in [0.15, 0.2) is 5.65 Å². The fraction of sp³-hybridized carbons (Fsp3) is 0.273. The normalized spacial score (nSPS) is 10.1. The molecular weight excluding hydrogens is 224 g/mol. The molecule has 0 unspecified atom stereocenters. The molecular formula is C11H11ClN4. The lowest BCUT2D eigenvalue weighted by Gasteiger charge is -1.94. The van der Waals surface area contributed by atoms with Crippen LogP contribution in [0.1, 0.15) is 12.1 Å². The molecule has 1 N–H and O–H groups in total. The summed E-state index contributed by atoms with van der Waals surface area (Å²) in [5, 5.41) is 7.60. The first-order valence-corrected chi connectivity index (χ1v) is 5.33. The van der Waals surface area contributed by atoms with Gasteiger partial charge in [0.1, 0.15) is 10.8 Å². The molecule has 2 aromatic rings. The van der Waals surface area contributed by atoms with Crippen LogP contribution in [-0.2, 0) is 0 Å². The van der Waals surface area contributed by atoms with Gasteiger partial charge in [-0.3, -0.25) is 0 Å². The number of halogens is 1. The van der Waals surface area contributed by atoms with E-state index in [2.05, 4.69) is 27.2 Å². The summed E-state index contributed by atoms with van der Waals surface area (Å²) in [6, 6.07) is 3.52. The van der Waals surface area contributed by atoms with Gasteiger partial charge in [-0.1, -0.05) is 17.5 Å². The Kier molecular flexibility index (Phi) is 3.40. The third-order valence-corrected chi connectivity index (χ3v) is 2.25. The van der Waals surface area contributed by atoms with Crippen LogP contribution in [0.5, 0.6) is 0 Å². The van der Waals surface area contributed by atoms with E-state index in [4.69, 9.17) is 11.6 Å². The molecule has 0 amide bonds. The minimum Gasteiger partial charge on any atom is -0.319 e. The Labute approximate surface area is 98.6 Å². The number of nitrogens with one attached hydrogen (secondary N) is 1. The molecule has 0 spiro atoms. The van der Waals surface area contributed by atoms with Crippen LogP contribution in [0.2, 0.25) is 5.15 Å². The number of aromatic nitrogens is 3. The number of hydrogen-bond acceptors (Lipinski definition) is 3. The molecule has 0 saturated heterocycles. The summed E-state index contributed by atoms with van der Waals surface area (Å²) in [5.74, 6) is 6.06. The highest BCUT2D eigenvalue weighted by atomic mass is 35.5. The van der Waals surface area contributed by atoms with E-state index in [9.17, 15) is 0 Å². The Morgan fingerprint density at radius 2 is 2.38 bits per heavy atom. The zero-order valence-corrected chi connectivity index (χ0v) is 9.62. The quantitative estimate of drug-likeness (QED) is 0.630. The average Bonchev–Trinajstić information content (AvgIpc) is 2.67. The summed E-state index contributed by atoms with van der Waals surface area (Å²) in [7, 11) is 1.90. The van der Waals surface area contributed by atoms with Gasteiger partial charge >= 0.3 is 0 Å². The molecule has 0 bridgehead atoms. The van der Waals surface area contributed by atoms with E-state index in [-0.39, 0.29) is 0 Å². The fourth-order valence-electron chi connectivity index (χ4n) is 1.28. The first-order chi connectivity index (χ1) is 7.81. The highest BCUT2D eigenvalue weighted by Crippen LogP contribution is 2.08. The Morgan fingerprint density at radius 1 is 1.50 bits per heavy atom. The Morgan fingerprint density at radius 3 is 3.19 bits per heavy atom. The number of nitrogens with zero attached hydrogens (tertiary/aromatic N) is 3. The Balaban J connectivity index is 2.29. The molecule has 2 rings (SSSR count). The standard InChI is InChI=1S/C11H11ClN4/c1-13-7-3-2-4-9-8-14-11-6-5-10(12)15-16(9)11/h5-6,8,13H,3,7H2,1H3. The predicted octanol–water partition coefficient (Wildman–Crippen LogP) is 1.34. The summed E-state index contributed by atoms with van der Waals surface area (Å²) < 4.78 is 1.65. The maximum atomic E-state index is 5.81. The van der Waals surface area contributed by atoms with Crippen LogP contribution >= 0.6 is 11.6 Å². The van der Waals surface area contributed by atoms with E-state index in [1.807, 2.05) is 13.1 Å². The third kappa shape index (κ3) is 2.32. The third-order valence-electron chi connectivity index (χ3n) is 2.05. The zero-order valence-electron chi connectivity index (χ0n) is 8.87. The van der Waals surface area contributed by atoms with Crippen LogP contribution < -0.4 is 5.32 Å². The van der Waals surface area contributed by atoms with Crippen molar-refractivity contribution in [1.29, 1.82) is 0 Å². The lowest BCUT2D eigenvalue weighted by atomic mass is 10.4. The van der Waals surface area contributed by atoms with Crippen molar-refractivity contribution in [3.05, 3.63) is 29.2 Å². The zero-order chi connectivity index (χ0) is 11.4. The summed E-state index contributed by atoms with van der Waals surface area (Å²) in [5.41, 5.74) is 1.51. The molecule has 4 nitrogen and oxygen atoms in total. The lowest BCUT2D eigenvalue weighted by molar-refractivity contribution is 0.818. The molecule has 0 saturated carbocycles. The van der Waals surface area contributed by atoms with Crippen LogP contribution in [0.4, 0.5) is 0 Å². The second-order valence-electron chi connectivity index (χ2n) is 3.22. The molecule has 0 radical (unpaired) electrons. The lowest BCUT2D eigenvalue weighted by Crippen LogP contribution is -2.05. The first-order valence-electron chi connectivity index (χ1n) is 4.95. The second kappa shape index (κ2) is 4.97. The van der Waals surface area contributed by atoms with Gasteiger partial charge in [-0.15, -0.1) is 0 Å². The second-order valence-corrected chi connectivity index (χ2v) is 3.61. The van der Waals surface area contributed by atoms with Crippen molar-refractivity contribution in [2.45, 2.75) is 6.42 Å². The number of hydrogen-bond donors (Lipinski definition) is 1. The average molecular weight is 235 g/mol. The molecule has 0 aliphatic rings. The molecule has 16 heavy (non-hydrogen) atoms. The van der Waals surface area contributed by atoms with Gasteiger partial charge in [-0.25, -0.2) is 9.50 Å². The summed E-state index contributed by atoms with van der Waals surface area (Å²) in [6.45, 7) is 0.873. The van der Waals surface area contributed by atoms with Crippen molar-refractivity contribution in [3.63, 3.8) is 0 Å². The minimum absolute atomic E-state index is 0.434. The molecule has 2 aromatic heterocycles. The van der Waals surface area contributed by atoms with Gasteiger partial charge in [0.2, 0.25) is 0 Å². The van der Waals surface area contributed by atoms with Crippen molar-refractivity contribution in [2.75, 3.05) is 13.6 Å². The van der Waals surface area contributed by atoms with Gasteiger partial charge in [0.05, 0.1) is 6.20 Å². The maximum absolute atomic E-state index is 5.81. The van der Waals surface area contributed by atoms with Gasteiger partial charge < -0.3 is 5.32 Å². The molecule has 2 heterocycles. The Bertz CT molecular complexity index is 550. The van der Waals surface area contributed by atoms with Crippen LogP contribution in [0.25, 0.3) is 5.65 Å². The van der Waals surface area contributed by atoms with Crippen molar-refractivity contribution in [1.82, 2.24) is 19.9 Å². The van der Waals surface area contributed by atoms with Gasteiger partial charge in [-0.05, 0) is 25.1 Å². The topological polar surface area (TPSA) is 42.2 Å². The van der Waals surface area contributed by atoms with E-state index in [1.54, 1.807) is 16.8 Å². The van der Waals surface area contributed by atoms with E-state index in [0.29, 0.717) is 5.15 Å². The smallest absolute Gasteiger partial charge is 0.155 e. The molecule has 0 aromatic carbocycles. The number of rotatable bonds is 2. The van der Waals surface area contributed by atoms with E-state index < -0.39 is 0 Å². The van der Waals surface area contributed by atoms with Crippen LogP contribution in [0.3, 0.4) is 0 Å². The first kappa shape index (κ1) is 10.9. The van der Waals surface area contributed by atoms with E-state index in [0.717, 1.165) is 24.3 Å². The summed E-state index contributed by atoms with van der Waals surface area (Å²) in [4.78, 5) is 4.18. The monoisotopic (exact) mass is 234 g/mol. The molecule has 82 valence electrons. The number of imidazole rings is 1. The largest absolute Gasteiger partial charge is 0.319 e. The summed E-state index contributed by atoms with van der Waals surface area (Å²) in [6.07, 6.45) is 2.50. The highest BCUT2D eigenvalue weighted by molar-refractivity contribution is 6.29. The molecule has 0 atom stereocenters. The van der Waals surface area contributed by atoms with Crippen molar-refractivity contribution in [2.24, 2.45) is 0 Å². The highest BCUT2D eigenvalue weighted by Gasteiger charge is 2.01. The minimum atomic E-state index is 0.434. The van der Waals surface area contributed by atoms with Crippen molar-refractivity contribution < 1.29 is 0 Å². The van der Waals surface area contributed by atoms with Gasteiger partial charge in [0, 0.05) is 13.0 Å². The van der Waals surface area contributed by atoms with Crippen molar-refractivity contribution in [3.8, 4) is 11.8 Å². The predicted molar refractivity (Wildman–Crippen MR) is 63.4 cm³/mol. The SMILES string of the molecule is CNCCC#Cc1cnc2ccc(Cl)nn12. The molecule has 0 aliphatic carbocycles. The summed E-state index contributed by atoms with van der Waals surface area (Å²) >= 11 is 5.81. The van der Waals surface area contributed by atoms with Crippen LogP contribution in [0, 0.1) is 11.8 Å².